The standard InChI is InChI=1S/C20H16BrN3O3/c1-27-17-10-9-13(12-15(17)21)19(25)23-16-7-3-2-6-14(16)20(26)24-18-8-4-5-11-22-18/h2-12H,1H3,(H,23,25)(H,22,24,26). The summed E-state index contributed by atoms with van der Waals surface area (Å²) in [4.78, 5) is 29.2. The van der Waals surface area contributed by atoms with Gasteiger partial charge in [-0.15, -0.1) is 0 Å². The number of hydrogen-bond acceptors (Lipinski definition) is 4. The van der Waals surface area contributed by atoms with Gasteiger partial charge < -0.3 is 15.4 Å². The highest BCUT2D eigenvalue weighted by atomic mass is 79.9. The van der Waals surface area contributed by atoms with E-state index in [9.17, 15) is 9.59 Å². The molecule has 0 fully saturated rings. The number of ether oxygens (including phenoxy) is 1. The van der Waals surface area contributed by atoms with Crippen LogP contribution < -0.4 is 15.4 Å². The number of carbonyl (C=O) groups is 2. The van der Waals surface area contributed by atoms with E-state index in [1.54, 1.807) is 74.0 Å². The first-order valence-corrected chi connectivity index (χ1v) is 8.84. The lowest BCUT2D eigenvalue weighted by atomic mass is 10.1. The highest BCUT2D eigenvalue weighted by molar-refractivity contribution is 9.10. The Morgan fingerprint density at radius 2 is 1.74 bits per heavy atom. The quantitative estimate of drug-likeness (QED) is 0.636. The van der Waals surface area contributed by atoms with Gasteiger partial charge in [-0.05, 0) is 58.4 Å². The molecule has 0 aliphatic carbocycles. The lowest BCUT2D eigenvalue weighted by Crippen LogP contribution is -2.18. The number of rotatable bonds is 5. The number of hydrogen-bond donors (Lipinski definition) is 2. The first kappa shape index (κ1) is 18.6. The fraction of sp³-hybridized carbons (Fsp3) is 0.0500. The number of nitrogens with zero attached hydrogens (tertiary/aromatic N) is 1. The number of methoxy groups -OCH3 is 1. The van der Waals surface area contributed by atoms with E-state index in [2.05, 4.69) is 31.5 Å². The molecule has 7 heteroatoms. The Morgan fingerprint density at radius 3 is 2.44 bits per heavy atom. The molecule has 0 spiro atoms. The van der Waals surface area contributed by atoms with Crippen LogP contribution in [0.3, 0.4) is 0 Å². The van der Waals surface area contributed by atoms with Gasteiger partial charge in [-0.1, -0.05) is 18.2 Å². The molecule has 0 aliphatic heterocycles. The van der Waals surface area contributed by atoms with Crippen molar-refractivity contribution in [2.45, 2.75) is 0 Å². The molecule has 0 radical (unpaired) electrons. The molecule has 1 aromatic heterocycles. The van der Waals surface area contributed by atoms with Gasteiger partial charge in [0.1, 0.15) is 11.6 Å². The van der Waals surface area contributed by atoms with Gasteiger partial charge in [0.15, 0.2) is 0 Å². The molecule has 3 aromatic rings. The Kier molecular flexibility index (Phi) is 5.83. The summed E-state index contributed by atoms with van der Waals surface area (Å²) in [7, 11) is 1.55. The molecule has 27 heavy (non-hydrogen) atoms. The number of pyridine rings is 1. The third-order valence-electron chi connectivity index (χ3n) is 3.74. The molecule has 0 bridgehead atoms. The fourth-order valence-corrected chi connectivity index (χ4v) is 2.95. The van der Waals surface area contributed by atoms with Crippen molar-refractivity contribution in [1.29, 1.82) is 0 Å². The highest BCUT2D eigenvalue weighted by Gasteiger charge is 2.15. The molecule has 136 valence electrons. The third kappa shape index (κ3) is 4.51. The Labute approximate surface area is 164 Å². The van der Waals surface area contributed by atoms with Gasteiger partial charge in [-0.3, -0.25) is 9.59 Å². The zero-order valence-corrected chi connectivity index (χ0v) is 16.0. The summed E-state index contributed by atoms with van der Waals surface area (Å²) < 4.78 is 5.83. The molecular weight excluding hydrogens is 410 g/mol. The van der Waals surface area contributed by atoms with Crippen molar-refractivity contribution in [2.24, 2.45) is 0 Å². The number of benzene rings is 2. The van der Waals surface area contributed by atoms with Crippen LogP contribution in [0.25, 0.3) is 0 Å². The summed E-state index contributed by atoms with van der Waals surface area (Å²) in [5, 5.41) is 5.49. The SMILES string of the molecule is COc1ccc(C(=O)Nc2ccccc2C(=O)Nc2ccccn2)cc1Br. The van der Waals surface area contributed by atoms with Crippen molar-refractivity contribution >= 4 is 39.2 Å². The van der Waals surface area contributed by atoms with E-state index in [-0.39, 0.29) is 11.8 Å². The van der Waals surface area contributed by atoms with E-state index >= 15 is 0 Å². The Hall–Kier alpha value is -3.19. The molecule has 0 unspecified atom stereocenters. The molecule has 1 heterocycles. The predicted molar refractivity (Wildman–Crippen MR) is 107 cm³/mol. The van der Waals surface area contributed by atoms with Crippen LogP contribution in [0.5, 0.6) is 5.75 Å². The van der Waals surface area contributed by atoms with E-state index < -0.39 is 0 Å². The molecule has 2 amide bonds. The number of carbonyl (C=O) groups excluding carboxylic acids is 2. The van der Waals surface area contributed by atoms with Crippen LogP contribution in [0.1, 0.15) is 20.7 Å². The molecule has 3 rings (SSSR count). The number of anilines is 2. The molecule has 2 N–H and O–H groups in total. The summed E-state index contributed by atoms with van der Waals surface area (Å²) in [6.07, 6.45) is 1.59. The number of amides is 2. The highest BCUT2D eigenvalue weighted by Crippen LogP contribution is 2.26. The lowest BCUT2D eigenvalue weighted by Gasteiger charge is -2.12. The smallest absolute Gasteiger partial charge is 0.258 e. The second kappa shape index (κ2) is 8.46. The molecule has 0 saturated heterocycles. The van der Waals surface area contributed by atoms with Crippen LogP contribution in [-0.4, -0.2) is 23.9 Å². The van der Waals surface area contributed by atoms with Crippen LogP contribution >= 0.6 is 15.9 Å². The molecule has 0 atom stereocenters. The largest absolute Gasteiger partial charge is 0.496 e. The summed E-state index contributed by atoms with van der Waals surface area (Å²) in [6, 6.07) is 17.0. The van der Waals surface area contributed by atoms with E-state index in [0.717, 1.165) is 0 Å². The Morgan fingerprint density at radius 1 is 0.963 bits per heavy atom. The van der Waals surface area contributed by atoms with Crippen LogP contribution in [0.4, 0.5) is 11.5 Å². The maximum atomic E-state index is 12.6. The van der Waals surface area contributed by atoms with Crippen molar-refractivity contribution in [3.63, 3.8) is 0 Å². The summed E-state index contributed by atoms with van der Waals surface area (Å²) in [5.41, 5.74) is 1.18. The Bertz CT molecular complexity index is 977. The minimum Gasteiger partial charge on any atom is -0.496 e. The van der Waals surface area contributed by atoms with Crippen LogP contribution in [-0.2, 0) is 0 Å². The number of aromatic nitrogens is 1. The van der Waals surface area contributed by atoms with E-state index in [4.69, 9.17) is 4.74 Å². The minimum atomic E-state index is -0.361. The zero-order chi connectivity index (χ0) is 19.2. The van der Waals surface area contributed by atoms with Gasteiger partial charge in [-0.25, -0.2) is 4.98 Å². The second-order valence-electron chi connectivity index (χ2n) is 5.52. The van der Waals surface area contributed by atoms with Crippen LogP contribution in [0, 0.1) is 0 Å². The number of halogens is 1. The maximum Gasteiger partial charge on any atom is 0.258 e. The summed E-state index contributed by atoms with van der Waals surface area (Å²) >= 11 is 3.36. The van der Waals surface area contributed by atoms with Crippen molar-refractivity contribution in [3.05, 3.63) is 82.5 Å². The zero-order valence-electron chi connectivity index (χ0n) is 14.4. The number of para-hydroxylation sites is 1. The van der Waals surface area contributed by atoms with E-state index in [0.29, 0.717) is 32.9 Å². The molecule has 0 aliphatic rings. The van der Waals surface area contributed by atoms with Crippen molar-refractivity contribution < 1.29 is 14.3 Å². The maximum absolute atomic E-state index is 12.6. The van der Waals surface area contributed by atoms with Gasteiger partial charge in [0.2, 0.25) is 0 Å². The molecule has 6 nitrogen and oxygen atoms in total. The molecule has 2 aromatic carbocycles. The second-order valence-corrected chi connectivity index (χ2v) is 6.37. The Balaban J connectivity index is 1.80. The van der Waals surface area contributed by atoms with Gasteiger partial charge in [0.25, 0.3) is 11.8 Å². The summed E-state index contributed by atoms with van der Waals surface area (Å²) in [6.45, 7) is 0. The van der Waals surface area contributed by atoms with Crippen LogP contribution in [0.15, 0.2) is 71.3 Å². The first-order chi connectivity index (χ1) is 13.1. The topological polar surface area (TPSA) is 80.3 Å². The van der Waals surface area contributed by atoms with Gasteiger partial charge in [0.05, 0.1) is 22.8 Å². The van der Waals surface area contributed by atoms with Gasteiger partial charge in [0, 0.05) is 11.8 Å². The van der Waals surface area contributed by atoms with Crippen molar-refractivity contribution in [3.8, 4) is 5.75 Å². The summed E-state index contributed by atoms with van der Waals surface area (Å²) in [5.74, 6) is 0.362. The minimum absolute atomic E-state index is 0.337. The van der Waals surface area contributed by atoms with Crippen LogP contribution in [0.2, 0.25) is 0 Å². The number of nitrogens with one attached hydrogen (secondary N) is 2. The monoisotopic (exact) mass is 425 g/mol. The lowest BCUT2D eigenvalue weighted by molar-refractivity contribution is 0.102. The van der Waals surface area contributed by atoms with Gasteiger partial charge >= 0.3 is 0 Å². The molecular formula is C20H16BrN3O3. The average molecular weight is 426 g/mol. The van der Waals surface area contributed by atoms with E-state index in [1.165, 1.54) is 0 Å². The van der Waals surface area contributed by atoms with Gasteiger partial charge in [-0.2, -0.15) is 0 Å². The first-order valence-electron chi connectivity index (χ1n) is 8.05. The van der Waals surface area contributed by atoms with Crippen molar-refractivity contribution in [1.82, 2.24) is 4.98 Å². The van der Waals surface area contributed by atoms with E-state index in [1.807, 2.05) is 0 Å². The average Bonchev–Trinajstić information content (AvgIpc) is 2.69. The molecule has 0 saturated carbocycles. The third-order valence-corrected chi connectivity index (χ3v) is 4.36. The normalized spacial score (nSPS) is 10.1. The van der Waals surface area contributed by atoms with Crippen molar-refractivity contribution in [2.75, 3.05) is 17.7 Å². The fourth-order valence-electron chi connectivity index (χ4n) is 2.41. The predicted octanol–water partition coefficient (Wildman–Crippen LogP) is 4.36.